The molecule has 2 heterocycles. The highest BCUT2D eigenvalue weighted by Gasteiger charge is 2.18. The van der Waals surface area contributed by atoms with Crippen LogP contribution in [0.4, 0.5) is 0 Å². The number of rotatable bonds is 5. The van der Waals surface area contributed by atoms with Crippen LogP contribution < -0.4 is 10.6 Å². The zero-order chi connectivity index (χ0) is 14.2. The van der Waals surface area contributed by atoms with Gasteiger partial charge in [0.15, 0.2) is 5.96 Å². The number of carbonyl (C=O) groups excluding carboxylic acids is 1. The van der Waals surface area contributed by atoms with Crippen LogP contribution in [0.2, 0.25) is 0 Å². The normalized spacial score (nSPS) is 22.0. The van der Waals surface area contributed by atoms with Gasteiger partial charge in [-0.25, -0.2) is 4.99 Å². The molecule has 2 rings (SSSR count). The van der Waals surface area contributed by atoms with Gasteiger partial charge < -0.3 is 15.5 Å². The van der Waals surface area contributed by atoms with Crippen molar-refractivity contribution in [2.24, 2.45) is 4.99 Å². The molecule has 0 bridgehead atoms. The predicted molar refractivity (Wildman–Crippen MR) is 101 cm³/mol. The molecule has 21 heavy (non-hydrogen) atoms. The van der Waals surface area contributed by atoms with Gasteiger partial charge in [0.25, 0.3) is 0 Å². The van der Waals surface area contributed by atoms with Crippen molar-refractivity contribution in [1.29, 1.82) is 0 Å². The summed E-state index contributed by atoms with van der Waals surface area (Å²) in [6.45, 7) is 5.86. The van der Waals surface area contributed by atoms with Gasteiger partial charge in [0.1, 0.15) is 6.54 Å². The van der Waals surface area contributed by atoms with Crippen LogP contribution in [0, 0.1) is 0 Å². The molecule has 2 fully saturated rings. The number of aliphatic imine (C=N–C) groups is 1. The van der Waals surface area contributed by atoms with E-state index in [1.165, 1.54) is 18.6 Å². The zero-order valence-corrected chi connectivity index (χ0v) is 15.9. The van der Waals surface area contributed by atoms with Gasteiger partial charge in [-0.3, -0.25) is 4.79 Å². The third-order valence-corrected chi connectivity index (χ3v) is 5.09. The minimum Gasteiger partial charge on any atom is -0.357 e. The van der Waals surface area contributed by atoms with E-state index in [9.17, 15) is 4.79 Å². The lowest BCUT2D eigenvalue weighted by Crippen LogP contribution is -2.41. The summed E-state index contributed by atoms with van der Waals surface area (Å²) in [5, 5.41) is 7.26. The molecule has 5 nitrogen and oxygen atoms in total. The molecule has 2 aliphatic rings. The number of hydrogen-bond donors (Lipinski definition) is 2. The Balaban J connectivity index is 0.00000220. The fourth-order valence-electron chi connectivity index (χ4n) is 2.57. The van der Waals surface area contributed by atoms with Crippen molar-refractivity contribution >= 4 is 47.6 Å². The molecule has 0 aliphatic carbocycles. The second-order valence-electron chi connectivity index (χ2n) is 5.30. The smallest absolute Gasteiger partial charge is 0.244 e. The molecule has 0 saturated carbocycles. The van der Waals surface area contributed by atoms with Crippen molar-refractivity contribution in [3.05, 3.63) is 0 Å². The summed E-state index contributed by atoms with van der Waals surface area (Å²) < 4.78 is 0. The molecule has 122 valence electrons. The monoisotopic (exact) mass is 426 g/mol. The van der Waals surface area contributed by atoms with Gasteiger partial charge in [0.05, 0.1) is 0 Å². The Morgan fingerprint density at radius 3 is 2.67 bits per heavy atom. The van der Waals surface area contributed by atoms with Crippen LogP contribution in [0.3, 0.4) is 0 Å². The molecule has 0 aromatic heterocycles. The van der Waals surface area contributed by atoms with Gasteiger partial charge >= 0.3 is 0 Å². The summed E-state index contributed by atoms with van der Waals surface area (Å²) in [5.41, 5.74) is 0. The predicted octanol–water partition coefficient (Wildman–Crippen LogP) is 1.68. The quantitative estimate of drug-likeness (QED) is 0.399. The van der Waals surface area contributed by atoms with Gasteiger partial charge in [-0.2, -0.15) is 11.8 Å². The summed E-state index contributed by atoms with van der Waals surface area (Å²) in [6, 6.07) is 0. The Kier molecular flexibility index (Phi) is 9.46. The molecule has 2 aliphatic heterocycles. The zero-order valence-electron chi connectivity index (χ0n) is 12.8. The molecule has 0 aromatic carbocycles. The Bertz CT molecular complexity index is 342. The minimum atomic E-state index is 0. The van der Waals surface area contributed by atoms with Gasteiger partial charge in [-0.15, -0.1) is 24.0 Å². The number of hydrogen-bond acceptors (Lipinski definition) is 3. The fourth-order valence-corrected chi connectivity index (χ4v) is 3.77. The van der Waals surface area contributed by atoms with Crippen LogP contribution in [0.5, 0.6) is 0 Å². The molecule has 1 unspecified atom stereocenters. The lowest BCUT2D eigenvalue weighted by Gasteiger charge is -2.16. The standard InChI is InChI=1S/C14H26N4OS.HI/c1-2-15-14(16-10-12-6-5-9-20-12)17-11-13(19)18-7-3-4-8-18;/h12H,2-11H2,1H3,(H2,15,16,17);1H. The molecule has 0 spiro atoms. The molecule has 2 saturated heterocycles. The van der Waals surface area contributed by atoms with Crippen molar-refractivity contribution in [3.8, 4) is 0 Å². The highest BCUT2D eigenvalue weighted by molar-refractivity contribution is 14.0. The molecule has 0 radical (unpaired) electrons. The van der Waals surface area contributed by atoms with E-state index >= 15 is 0 Å². The number of nitrogens with zero attached hydrogens (tertiary/aromatic N) is 2. The number of likely N-dealkylation sites (tertiary alicyclic amines) is 1. The van der Waals surface area contributed by atoms with Gasteiger partial charge in [-0.05, 0) is 38.4 Å². The Hall–Kier alpha value is -0.180. The Labute approximate surface area is 149 Å². The third-order valence-electron chi connectivity index (χ3n) is 3.70. The highest BCUT2D eigenvalue weighted by atomic mass is 127. The maximum absolute atomic E-state index is 12.0. The van der Waals surface area contributed by atoms with Crippen LogP contribution in [0.15, 0.2) is 4.99 Å². The summed E-state index contributed by atoms with van der Waals surface area (Å²) in [7, 11) is 0. The summed E-state index contributed by atoms with van der Waals surface area (Å²) >= 11 is 2.03. The molecular formula is C14H27IN4OS. The molecule has 1 amide bonds. The van der Waals surface area contributed by atoms with Crippen molar-refractivity contribution in [2.75, 3.05) is 38.5 Å². The minimum absolute atomic E-state index is 0. The number of thioether (sulfide) groups is 1. The second-order valence-corrected chi connectivity index (χ2v) is 6.71. The van der Waals surface area contributed by atoms with E-state index < -0.39 is 0 Å². The number of carbonyl (C=O) groups is 1. The van der Waals surface area contributed by atoms with Crippen molar-refractivity contribution in [3.63, 3.8) is 0 Å². The highest BCUT2D eigenvalue weighted by Crippen LogP contribution is 2.25. The molecular weight excluding hydrogens is 399 g/mol. The average Bonchev–Trinajstić information content (AvgIpc) is 3.13. The van der Waals surface area contributed by atoms with Crippen LogP contribution in [0.25, 0.3) is 0 Å². The number of amides is 1. The first-order chi connectivity index (χ1) is 9.79. The first-order valence-corrected chi connectivity index (χ1v) is 8.76. The van der Waals surface area contributed by atoms with Crippen molar-refractivity contribution in [1.82, 2.24) is 15.5 Å². The third kappa shape index (κ3) is 6.63. The maximum Gasteiger partial charge on any atom is 0.244 e. The summed E-state index contributed by atoms with van der Waals surface area (Å²) in [5.74, 6) is 2.19. The van der Waals surface area contributed by atoms with Crippen molar-refractivity contribution in [2.45, 2.75) is 37.9 Å². The first-order valence-electron chi connectivity index (χ1n) is 7.71. The van der Waals surface area contributed by atoms with E-state index in [1.54, 1.807) is 0 Å². The van der Waals surface area contributed by atoms with Crippen LogP contribution >= 0.6 is 35.7 Å². The van der Waals surface area contributed by atoms with Crippen LogP contribution in [-0.4, -0.2) is 60.5 Å². The largest absolute Gasteiger partial charge is 0.357 e. The molecule has 0 aromatic rings. The van der Waals surface area contributed by atoms with Gasteiger partial charge in [-0.1, -0.05) is 0 Å². The Morgan fingerprint density at radius 2 is 2.05 bits per heavy atom. The van der Waals surface area contributed by atoms with E-state index in [-0.39, 0.29) is 36.4 Å². The first kappa shape index (κ1) is 18.9. The Morgan fingerprint density at radius 1 is 1.29 bits per heavy atom. The van der Waals surface area contributed by atoms with E-state index in [0.717, 1.165) is 45.0 Å². The van der Waals surface area contributed by atoms with E-state index in [0.29, 0.717) is 5.25 Å². The molecule has 7 heteroatoms. The lowest BCUT2D eigenvalue weighted by atomic mass is 10.2. The maximum atomic E-state index is 12.0. The average molecular weight is 426 g/mol. The second kappa shape index (κ2) is 10.5. The van der Waals surface area contributed by atoms with Crippen molar-refractivity contribution < 1.29 is 4.79 Å². The van der Waals surface area contributed by atoms with Crippen LogP contribution in [0.1, 0.15) is 32.6 Å². The summed E-state index contributed by atoms with van der Waals surface area (Å²) in [6.07, 6.45) is 4.86. The van der Waals surface area contributed by atoms with E-state index in [1.807, 2.05) is 23.6 Å². The van der Waals surface area contributed by atoms with E-state index in [4.69, 9.17) is 0 Å². The number of nitrogens with one attached hydrogen (secondary N) is 2. The van der Waals surface area contributed by atoms with E-state index in [2.05, 4.69) is 15.6 Å². The topological polar surface area (TPSA) is 56.7 Å². The molecule has 2 N–H and O–H groups in total. The van der Waals surface area contributed by atoms with Crippen LogP contribution in [-0.2, 0) is 4.79 Å². The van der Waals surface area contributed by atoms with Gasteiger partial charge in [0, 0.05) is 31.4 Å². The van der Waals surface area contributed by atoms with Gasteiger partial charge in [0.2, 0.25) is 5.91 Å². The lowest BCUT2D eigenvalue weighted by molar-refractivity contribution is -0.128. The number of guanidine groups is 1. The molecule has 1 atom stereocenters. The SMILES string of the molecule is CCNC(=NCC(=O)N1CCCC1)NCC1CCCS1.I. The fraction of sp³-hybridized carbons (Fsp3) is 0.857. The summed E-state index contributed by atoms with van der Waals surface area (Å²) in [4.78, 5) is 18.3. The number of halogens is 1.